The molecule has 0 atom stereocenters. The third-order valence-corrected chi connectivity index (χ3v) is 2.89. The summed E-state index contributed by atoms with van der Waals surface area (Å²) in [7, 11) is 1.33. The molecule has 0 saturated carbocycles. The van der Waals surface area contributed by atoms with Crippen LogP contribution in [-0.4, -0.2) is 13.5 Å². The monoisotopic (exact) mass is 318 g/mol. The zero-order valence-corrected chi connectivity index (χ0v) is 11.3. The number of ether oxygens (including phenoxy) is 2. The quantitative estimate of drug-likeness (QED) is 0.722. The van der Waals surface area contributed by atoms with Gasteiger partial charge in [0, 0.05) is 11.1 Å². The summed E-state index contributed by atoms with van der Waals surface area (Å²) >= 11 is 0. The molecular formula is C15H11F5O2. The average Bonchev–Trinajstić information content (AvgIpc) is 2.45. The van der Waals surface area contributed by atoms with E-state index in [2.05, 4.69) is 4.74 Å². The van der Waals surface area contributed by atoms with Crippen molar-refractivity contribution in [3.8, 4) is 22.6 Å². The summed E-state index contributed by atoms with van der Waals surface area (Å²) in [6, 6.07) is 8.82. The summed E-state index contributed by atoms with van der Waals surface area (Å²) in [4.78, 5) is 0. The van der Waals surface area contributed by atoms with E-state index in [4.69, 9.17) is 4.74 Å². The van der Waals surface area contributed by atoms with Crippen LogP contribution in [0.2, 0.25) is 0 Å². The van der Waals surface area contributed by atoms with Gasteiger partial charge in [-0.2, -0.15) is 0 Å². The fourth-order valence-corrected chi connectivity index (χ4v) is 2.03. The van der Waals surface area contributed by atoms with E-state index in [0.717, 1.165) is 12.1 Å². The van der Waals surface area contributed by atoms with Crippen LogP contribution in [0, 0.1) is 0 Å². The van der Waals surface area contributed by atoms with Crippen LogP contribution in [-0.2, 0) is 0 Å². The van der Waals surface area contributed by atoms with Gasteiger partial charge in [0.05, 0.1) is 7.11 Å². The molecule has 0 bridgehead atoms. The van der Waals surface area contributed by atoms with Gasteiger partial charge >= 0.3 is 6.36 Å². The molecule has 7 heteroatoms. The zero-order valence-electron chi connectivity index (χ0n) is 11.3. The molecule has 0 spiro atoms. The van der Waals surface area contributed by atoms with Crippen LogP contribution in [0.5, 0.6) is 11.5 Å². The van der Waals surface area contributed by atoms with Gasteiger partial charge in [0.15, 0.2) is 0 Å². The van der Waals surface area contributed by atoms with E-state index in [1.807, 2.05) is 0 Å². The van der Waals surface area contributed by atoms with Crippen LogP contribution < -0.4 is 9.47 Å². The van der Waals surface area contributed by atoms with E-state index in [1.165, 1.54) is 37.4 Å². The number of hydrogen-bond acceptors (Lipinski definition) is 2. The fraction of sp³-hybridized carbons (Fsp3) is 0.200. The first-order valence-electron chi connectivity index (χ1n) is 6.13. The molecule has 2 aromatic carbocycles. The lowest BCUT2D eigenvalue weighted by atomic mass is 9.98. The highest BCUT2D eigenvalue weighted by atomic mass is 19.4. The Hall–Kier alpha value is -2.31. The van der Waals surface area contributed by atoms with Gasteiger partial charge < -0.3 is 9.47 Å². The maximum absolute atomic E-state index is 13.1. The first-order valence-corrected chi connectivity index (χ1v) is 6.13. The predicted molar refractivity (Wildman–Crippen MR) is 70.1 cm³/mol. The van der Waals surface area contributed by atoms with Crippen LogP contribution in [0.25, 0.3) is 11.1 Å². The molecule has 0 heterocycles. The highest BCUT2D eigenvalue weighted by Crippen LogP contribution is 2.39. The predicted octanol–water partition coefficient (Wildman–Crippen LogP) is 5.20. The Labute approximate surface area is 123 Å². The first kappa shape index (κ1) is 16.1. The number of benzene rings is 2. The number of alkyl halides is 5. The van der Waals surface area contributed by atoms with Crippen molar-refractivity contribution in [3.05, 3.63) is 48.0 Å². The van der Waals surface area contributed by atoms with Crippen LogP contribution in [0.1, 0.15) is 12.0 Å². The SMILES string of the molecule is COc1cccc(C(F)F)c1-c1ccc(OC(F)(F)F)cc1. The van der Waals surface area contributed by atoms with Crippen molar-refractivity contribution in [2.24, 2.45) is 0 Å². The van der Waals surface area contributed by atoms with Gasteiger partial charge in [-0.25, -0.2) is 8.78 Å². The highest BCUT2D eigenvalue weighted by Gasteiger charge is 2.31. The molecule has 0 aromatic heterocycles. The number of halogens is 5. The van der Waals surface area contributed by atoms with E-state index in [1.54, 1.807) is 0 Å². The van der Waals surface area contributed by atoms with Gasteiger partial charge in [-0.3, -0.25) is 0 Å². The van der Waals surface area contributed by atoms with Gasteiger partial charge in [0.1, 0.15) is 11.5 Å². The second-order valence-electron chi connectivity index (χ2n) is 4.30. The highest BCUT2D eigenvalue weighted by molar-refractivity contribution is 5.74. The summed E-state index contributed by atoms with van der Waals surface area (Å²) in [6.07, 6.45) is -7.55. The second-order valence-corrected chi connectivity index (χ2v) is 4.30. The molecule has 0 saturated heterocycles. The first-order chi connectivity index (χ1) is 10.3. The maximum Gasteiger partial charge on any atom is 0.573 e. The summed E-state index contributed by atoms with van der Waals surface area (Å²) in [5.41, 5.74) is 0.185. The Morgan fingerprint density at radius 2 is 1.59 bits per heavy atom. The Morgan fingerprint density at radius 3 is 2.09 bits per heavy atom. The number of methoxy groups -OCH3 is 1. The number of hydrogen-bond donors (Lipinski definition) is 0. The van der Waals surface area contributed by atoms with Crippen molar-refractivity contribution < 1.29 is 31.4 Å². The van der Waals surface area contributed by atoms with E-state index in [0.29, 0.717) is 5.56 Å². The Morgan fingerprint density at radius 1 is 0.955 bits per heavy atom. The molecule has 22 heavy (non-hydrogen) atoms. The molecule has 0 N–H and O–H groups in total. The van der Waals surface area contributed by atoms with Crippen molar-refractivity contribution in [3.63, 3.8) is 0 Å². The maximum atomic E-state index is 13.1. The lowest BCUT2D eigenvalue weighted by molar-refractivity contribution is -0.274. The minimum absolute atomic E-state index is 0.138. The minimum atomic E-state index is -4.81. The molecular weight excluding hydrogens is 307 g/mol. The van der Waals surface area contributed by atoms with Gasteiger partial charge in [-0.1, -0.05) is 24.3 Å². The Bertz CT molecular complexity index is 635. The summed E-state index contributed by atoms with van der Waals surface area (Å²) in [5, 5.41) is 0. The molecule has 0 amide bonds. The molecule has 0 aliphatic rings. The average molecular weight is 318 g/mol. The Kier molecular flexibility index (Phi) is 4.54. The van der Waals surface area contributed by atoms with Crippen LogP contribution >= 0.6 is 0 Å². The molecule has 2 rings (SSSR count). The summed E-state index contributed by atoms with van der Waals surface area (Å²) in [6.45, 7) is 0. The topological polar surface area (TPSA) is 18.5 Å². The number of rotatable bonds is 4. The molecule has 118 valence electrons. The van der Waals surface area contributed by atoms with Gasteiger partial charge in [-0.05, 0) is 23.8 Å². The standard InChI is InChI=1S/C15H11F5O2/c1-21-12-4-2-3-11(14(16)17)13(12)9-5-7-10(8-6-9)22-15(18,19)20/h2-8,14H,1H3. The van der Waals surface area contributed by atoms with Crippen molar-refractivity contribution in [2.75, 3.05) is 7.11 Å². The molecule has 0 unspecified atom stereocenters. The molecule has 0 aliphatic heterocycles. The molecule has 0 radical (unpaired) electrons. The Balaban J connectivity index is 2.44. The minimum Gasteiger partial charge on any atom is -0.496 e. The third kappa shape index (κ3) is 3.66. The van der Waals surface area contributed by atoms with E-state index < -0.39 is 18.5 Å². The van der Waals surface area contributed by atoms with E-state index in [-0.39, 0.29) is 16.9 Å². The lowest BCUT2D eigenvalue weighted by Gasteiger charge is -2.14. The van der Waals surface area contributed by atoms with Gasteiger partial charge in [0.25, 0.3) is 6.43 Å². The largest absolute Gasteiger partial charge is 0.573 e. The fourth-order valence-electron chi connectivity index (χ4n) is 2.03. The van der Waals surface area contributed by atoms with Crippen LogP contribution in [0.15, 0.2) is 42.5 Å². The van der Waals surface area contributed by atoms with Crippen molar-refractivity contribution in [1.82, 2.24) is 0 Å². The normalized spacial score (nSPS) is 11.6. The summed E-state index contributed by atoms with van der Waals surface area (Å²) in [5.74, 6) is -0.216. The smallest absolute Gasteiger partial charge is 0.496 e. The molecule has 2 nitrogen and oxygen atoms in total. The van der Waals surface area contributed by atoms with Gasteiger partial charge in [-0.15, -0.1) is 13.2 Å². The molecule has 2 aromatic rings. The van der Waals surface area contributed by atoms with Crippen LogP contribution in [0.3, 0.4) is 0 Å². The molecule has 0 aliphatic carbocycles. The van der Waals surface area contributed by atoms with Gasteiger partial charge in [0.2, 0.25) is 0 Å². The molecule has 0 fully saturated rings. The third-order valence-electron chi connectivity index (χ3n) is 2.89. The lowest BCUT2D eigenvalue weighted by Crippen LogP contribution is -2.16. The van der Waals surface area contributed by atoms with E-state index in [9.17, 15) is 22.0 Å². The zero-order chi connectivity index (χ0) is 16.3. The second kappa shape index (κ2) is 6.21. The van der Waals surface area contributed by atoms with Crippen molar-refractivity contribution >= 4 is 0 Å². The van der Waals surface area contributed by atoms with Crippen LogP contribution in [0.4, 0.5) is 22.0 Å². The van der Waals surface area contributed by atoms with E-state index >= 15 is 0 Å². The van der Waals surface area contributed by atoms with Crippen molar-refractivity contribution in [2.45, 2.75) is 12.8 Å². The van der Waals surface area contributed by atoms with Crippen molar-refractivity contribution in [1.29, 1.82) is 0 Å². The summed E-state index contributed by atoms with van der Waals surface area (Å²) < 4.78 is 71.3.